The zero-order chi connectivity index (χ0) is 8.97. The second kappa shape index (κ2) is 4.07. The first-order valence-corrected chi connectivity index (χ1v) is 4.07. The van der Waals surface area contributed by atoms with Crippen LogP contribution in [0.1, 0.15) is 12.5 Å². The highest BCUT2D eigenvalue weighted by atomic mass is 16.3. The molecule has 64 valence electrons. The molecule has 1 nitrogen and oxygen atoms in total. The summed E-state index contributed by atoms with van der Waals surface area (Å²) >= 11 is 0. The van der Waals surface area contributed by atoms with Crippen LogP contribution in [0.25, 0.3) is 0 Å². The second-order valence-electron chi connectivity index (χ2n) is 3.05. The van der Waals surface area contributed by atoms with E-state index < -0.39 is 6.10 Å². The van der Waals surface area contributed by atoms with Crippen LogP contribution in [-0.4, -0.2) is 11.2 Å². The van der Waals surface area contributed by atoms with Gasteiger partial charge in [-0.3, -0.25) is 0 Å². The Kier molecular flexibility index (Phi) is 3.06. The second-order valence-corrected chi connectivity index (χ2v) is 3.05. The number of hydrogen-bond donors (Lipinski definition) is 1. The van der Waals surface area contributed by atoms with E-state index in [2.05, 4.69) is 6.58 Å². The Morgan fingerprint density at radius 3 is 2.50 bits per heavy atom. The largest absolute Gasteiger partial charge is 0.388 e. The van der Waals surface area contributed by atoms with Gasteiger partial charge in [-0.15, -0.1) is 0 Å². The molecule has 0 spiro atoms. The molecule has 0 aliphatic rings. The van der Waals surface area contributed by atoms with Crippen molar-refractivity contribution in [2.75, 3.05) is 0 Å². The lowest BCUT2D eigenvalue weighted by atomic mass is 10.0. The van der Waals surface area contributed by atoms with Crippen LogP contribution in [0, 0.1) is 0 Å². The number of benzene rings is 1. The Balaban J connectivity index is 2.58. The summed E-state index contributed by atoms with van der Waals surface area (Å²) in [5.41, 5.74) is 1.96. The Bertz CT molecular complexity index is 251. The number of aliphatic hydroxyl groups is 1. The van der Waals surface area contributed by atoms with E-state index in [1.165, 1.54) is 0 Å². The van der Waals surface area contributed by atoms with Gasteiger partial charge in [-0.2, -0.15) is 0 Å². The normalized spacial score (nSPS) is 12.5. The molecule has 0 bridgehead atoms. The van der Waals surface area contributed by atoms with Gasteiger partial charge in [0.2, 0.25) is 0 Å². The average Bonchev–Trinajstić information content (AvgIpc) is 2.06. The van der Waals surface area contributed by atoms with Crippen molar-refractivity contribution in [2.24, 2.45) is 0 Å². The fourth-order valence-electron chi connectivity index (χ4n) is 1.01. The van der Waals surface area contributed by atoms with Gasteiger partial charge in [0.15, 0.2) is 0 Å². The molecule has 1 atom stereocenters. The van der Waals surface area contributed by atoms with E-state index in [0.717, 1.165) is 11.1 Å². The van der Waals surface area contributed by atoms with Crippen LogP contribution >= 0.6 is 0 Å². The summed E-state index contributed by atoms with van der Waals surface area (Å²) in [6.45, 7) is 5.54. The van der Waals surface area contributed by atoms with Crippen molar-refractivity contribution in [3.05, 3.63) is 48.0 Å². The van der Waals surface area contributed by atoms with Crippen molar-refractivity contribution in [1.82, 2.24) is 0 Å². The molecule has 0 fully saturated rings. The Hall–Kier alpha value is -1.08. The van der Waals surface area contributed by atoms with Gasteiger partial charge in [0, 0.05) is 6.42 Å². The summed E-state index contributed by atoms with van der Waals surface area (Å²) in [6.07, 6.45) is 0.253. The topological polar surface area (TPSA) is 20.2 Å². The summed E-state index contributed by atoms with van der Waals surface area (Å²) in [5, 5.41) is 9.48. The predicted octanol–water partition coefficient (Wildman–Crippen LogP) is 2.17. The van der Waals surface area contributed by atoms with Gasteiger partial charge < -0.3 is 5.11 Å². The van der Waals surface area contributed by atoms with Gasteiger partial charge in [-0.1, -0.05) is 42.5 Å². The summed E-state index contributed by atoms with van der Waals surface area (Å²) < 4.78 is 0. The molecule has 0 amide bonds. The summed E-state index contributed by atoms with van der Waals surface area (Å²) in [4.78, 5) is 0. The van der Waals surface area contributed by atoms with E-state index in [-0.39, 0.29) is 0 Å². The first-order valence-electron chi connectivity index (χ1n) is 4.07. The summed E-state index contributed by atoms with van der Waals surface area (Å²) in [5.74, 6) is 0. The minimum atomic E-state index is -0.410. The molecule has 0 saturated heterocycles. The van der Waals surface area contributed by atoms with Crippen molar-refractivity contribution in [3.8, 4) is 0 Å². The lowest BCUT2D eigenvalue weighted by molar-refractivity contribution is 0.212. The molecule has 0 aliphatic carbocycles. The van der Waals surface area contributed by atoms with Crippen LogP contribution in [0.3, 0.4) is 0 Å². The van der Waals surface area contributed by atoms with E-state index in [4.69, 9.17) is 0 Å². The fraction of sp³-hybridized carbons (Fsp3) is 0.273. The van der Waals surface area contributed by atoms with Gasteiger partial charge in [-0.25, -0.2) is 0 Å². The zero-order valence-corrected chi connectivity index (χ0v) is 7.33. The third kappa shape index (κ3) is 2.51. The van der Waals surface area contributed by atoms with Gasteiger partial charge in [0.1, 0.15) is 0 Å². The molecule has 1 N–H and O–H groups in total. The first-order chi connectivity index (χ1) is 5.70. The van der Waals surface area contributed by atoms with Crippen LogP contribution in [-0.2, 0) is 6.42 Å². The van der Waals surface area contributed by atoms with Crippen LogP contribution in [0.4, 0.5) is 0 Å². The molecule has 1 aromatic rings. The van der Waals surface area contributed by atoms with Crippen molar-refractivity contribution < 1.29 is 5.11 Å². The molecule has 0 radical (unpaired) electrons. The molecular formula is C11H14O. The molecule has 1 heteroatoms. The quantitative estimate of drug-likeness (QED) is 0.675. The maximum atomic E-state index is 9.48. The maximum Gasteiger partial charge on any atom is 0.0785 e. The number of rotatable bonds is 3. The van der Waals surface area contributed by atoms with Crippen LogP contribution in [0.5, 0.6) is 0 Å². The first kappa shape index (κ1) is 9.01. The van der Waals surface area contributed by atoms with Crippen molar-refractivity contribution in [2.45, 2.75) is 19.4 Å². The highest BCUT2D eigenvalue weighted by Crippen LogP contribution is 2.07. The zero-order valence-electron chi connectivity index (χ0n) is 7.33. The SMILES string of the molecule is C=C(C)[C@@H](O)Cc1ccccc1. The number of aliphatic hydroxyl groups excluding tert-OH is 1. The highest BCUT2D eigenvalue weighted by Gasteiger charge is 2.04. The molecule has 1 aromatic carbocycles. The molecular weight excluding hydrogens is 148 g/mol. The molecule has 0 aliphatic heterocycles. The Labute approximate surface area is 73.4 Å². The summed E-state index contributed by atoms with van der Waals surface area (Å²) in [7, 11) is 0. The predicted molar refractivity (Wildman–Crippen MR) is 51.0 cm³/mol. The van der Waals surface area contributed by atoms with Crippen molar-refractivity contribution in [1.29, 1.82) is 0 Å². The minimum absolute atomic E-state index is 0.410. The standard InChI is InChI=1S/C11H14O/c1-9(2)11(12)8-10-6-4-3-5-7-10/h3-7,11-12H,1,8H2,2H3/t11-/m0/s1. The lowest BCUT2D eigenvalue weighted by Crippen LogP contribution is -2.10. The van der Waals surface area contributed by atoms with E-state index in [1.54, 1.807) is 0 Å². The van der Waals surface area contributed by atoms with Crippen LogP contribution < -0.4 is 0 Å². The van der Waals surface area contributed by atoms with Gasteiger partial charge in [0.25, 0.3) is 0 Å². The number of hydrogen-bond acceptors (Lipinski definition) is 1. The van der Waals surface area contributed by atoms with Gasteiger partial charge in [0.05, 0.1) is 6.10 Å². The molecule has 0 aromatic heterocycles. The van der Waals surface area contributed by atoms with Crippen molar-refractivity contribution in [3.63, 3.8) is 0 Å². The minimum Gasteiger partial charge on any atom is -0.388 e. The maximum absolute atomic E-state index is 9.48. The van der Waals surface area contributed by atoms with Gasteiger partial charge in [-0.05, 0) is 12.5 Å². The lowest BCUT2D eigenvalue weighted by Gasteiger charge is -2.09. The van der Waals surface area contributed by atoms with E-state index in [1.807, 2.05) is 37.3 Å². The monoisotopic (exact) mass is 162 g/mol. The van der Waals surface area contributed by atoms with E-state index in [9.17, 15) is 5.11 Å². The summed E-state index contributed by atoms with van der Waals surface area (Å²) in [6, 6.07) is 9.93. The average molecular weight is 162 g/mol. The Morgan fingerprint density at radius 2 is 2.00 bits per heavy atom. The van der Waals surface area contributed by atoms with E-state index >= 15 is 0 Å². The highest BCUT2D eigenvalue weighted by molar-refractivity contribution is 5.17. The van der Waals surface area contributed by atoms with Crippen molar-refractivity contribution >= 4 is 0 Å². The third-order valence-corrected chi connectivity index (χ3v) is 1.84. The van der Waals surface area contributed by atoms with Crippen LogP contribution in [0.2, 0.25) is 0 Å². The molecule has 0 heterocycles. The smallest absolute Gasteiger partial charge is 0.0785 e. The fourth-order valence-corrected chi connectivity index (χ4v) is 1.01. The van der Waals surface area contributed by atoms with Crippen LogP contribution in [0.15, 0.2) is 42.5 Å². The third-order valence-electron chi connectivity index (χ3n) is 1.84. The van der Waals surface area contributed by atoms with Gasteiger partial charge >= 0.3 is 0 Å². The molecule has 0 saturated carbocycles. The molecule has 1 rings (SSSR count). The molecule has 0 unspecified atom stereocenters. The molecule has 12 heavy (non-hydrogen) atoms. The Morgan fingerprint density at radius 1 is 1.42 bits per heavy atom. The van der Waals surface area contributed by atoms with E-state index in [0.29, 0.717) is 6.42 Å².